The van der Waals surface area contributed by atoms with Gasteiger partial charge in [0.2, 0.25) is 5.78 Å². The first-order chi connectivity index (χ1) is 37.1. The summed E-state index contributed by atoms with van der Waals surface area (Å²) < 4.78 is 11.5. The number of nitrogens with one attached hydrogen (secondary N) is 1. The van der Waals surface area contributed by atoms with E-state index in [0.717, 1.165) is 99.1 Å². The van der Waals surface area contributed by atoms with E-state index in [0.29, 0.717) is 49.8 Å². The molecule has 6 N–H and O–H groups in total. The van der Waals surface area contributed by atoms with E-state index in [4.69, 9.17) is 66.7 Å². The number of benzene rings is 6. The highest BCUT2D eigenvalue weighted by atomic mass is 35.5. The molecule has 13 nitrogen and oxygen atoms in total. The number of ketones is 2. The number of Topliss-reactive ketones (excluding diaryl/α,β-unsaturated/α-hetero) is 2. The number of rotatable bonds is 19. The van der Waals surface area contributed by atoms with E-state index < -0.39 is 41.7 Å². The lowest BCUT2D eigenvalue weighted by molar-refractivity contribution is -0.131. The highest BCUT2D eigenvalue weighted by Crippen LogP contribution is 2.36. The molecule has 0 unspecified atom stereocenters. The maximum atomic E-state index is 13.1. The van der Waals surface area contributed by atoms with Crippen molar-refractivity contribution in [1.29, 1.82) is 0 Å². The predicted octanol–water partition coefficient (Wildman–Crippen LogP) is 11.3. The van der Waals surface area contributed by atoms with Crippen molar-refractivity contribution in [2.75, 3.05) is 39.3 Å². The maximum Gasteiger partial charge on any atom is 0.377 e. The molecule has 10 rings (SSSR count). The molecule has 2 aliphatic heterocycles. The number of halogens is 4. The summed E-state index contributed by atoms with van der Waals surface area (Å²) in [5.74, 6) is -2.48. The van der Waals surface area contributed by atoms with Gasteiger partial charge in [-0.05, 0) is 159 Å². The Morgan fingerprint density at radius 1 is 0.532 bits per heavy atom. The van der Waals surface area contributed by atoms with Crippen molar-refractivity contribution in [2.45, 2.75) is 87.9 Å². The normalized spacial score (nSPS) is 16.9. The van der Waals surface area contributed by atoms with Crippen molar-refractivity contribution >= 4 is 69.8 Å². The second kappa shape index (κ2) is 27.2. The van der Waals surface area contributed by atoms with Gasteiger partial charge in [-0.25, -0.2) is 4.79 Å². The third-order valence-corrected chi connectivity index (χ3v) is 14.8. The summed E-state index contributed by atoms with van der Waals surface area (Å²) in [7, 11) is 0. The average Bonchev–Trinajstić information content (AvgIpc) is 4.33. The number of carbonyl (C=O) groups is 4. The first kappa shape index (κ1) is 57.3. The van der Waals surface area contributed by atoms with Gasteiger partial charge in [-0.2, -0.15) is 0 Å². The third-order valence-electron chi connectivity index (χ3n) is 13.7. The molecule has 6 aromatic rings. The Kier molecular flexibility index (Phi) is 20.2. The van der Waals surface area contributed by atoms with Gasteiger partial charge < -0.3 is 45.6 Å². The molecule has 1 amide bonds. The van der Waals surface area contributed by atoms with Crippen LogP contribution >= 0.6 is 46.4 Å². The highest BCUT2D eigenvalue weighted by molar-refractivity contribution is 6.43. The van der Waals surface area contributed by atoms with Gasteiger partial charge in [0.05, 0.1) is 34.4 Å². The van der Waals surface area contributed by atoms with Crippen LogP contribution < -0.4 is 20.5 Å². The van der Waals surface area contributed by atoms with Crippen LogP contribution in [0.25, 0.3) is 22.3 Å². The van der Waals surface area contributed by atoms with Crippen LogP contribution in [0.5, 0.6) is 11.5 Å². The number of carboxylic acid groups (broad SMARTS) is 1. The monoisotopic (exact) mass is 1120 g/mol. The highest BCUT2D eigenvalue weighted by Gasteiger charge is 2.31. The van der Waals surface area contributed by atoms with Gasteiger partial charge >= 0.3 is 5.97 Å². The molecule has 6 aromatic carbocycles. The maximum absolute atomic E-state index is 13.1. The molecule has 0 bridgehead atoms. The van der Waals surface area contributed by atoms with E-state index in [9.17, 15) is 29.4 Å². The summed E-state index contributed by atoms with van der Waals surface area (Å²) >= 11 is 24.4. The number of nitrogens with two attached hydrogens (primary N) is 1. The number of nitrogens with zero attached hydrogens (tertiary/aromatic N) is 2. The van der Waals surface area contributed by atoms with Gasteiger partial charge in [-0.1, -0.05) is 131 Å². The number of aliphatic hydroxyl groups excluding tert-OH is 2. The molecule has 0 aromatic heterocycles. The summed E-state index contributed by atoms with van der Waals surface area (Å²) in [6.45, 7) is 5.07. The topological polar surface area (TPSA) is 192 Å². The van der Waals surface area contributed by atoms with Crippen LogP contribution in [-0.4, -0.2) is 112 Å². The van der Waals surface area contributed by atoms with E-state index >= 15 is 0 Å². The molecule has 17 heteroatoms. The van der Waals surface area contributed by atoms with E-state index in [2.05, 4.69) is 15.1 Å². The molecule has 2 saturated heterocycles. The van der Waals surface area contributed by atoms with Gasteiger partial charge in [-0.3, -0.25) is 14.4 Å². The fourth-order valence-electron chi connectivity index (χ4n) is 9.04. The van der Waals surface area contributed by atoms with Gasteiger partial charge in [0.15, 0.2) is 0 Å². The predicted molar refractivity (Wildman–Crippen MR) is 301 cm³/mol. The number of aliphatic hydroxyl groups is 2. The lowest BCUT2D eigenvalue weighted by Crippen LogP contribution is -2.48. The van der Waals surface area contributed by atoms with Crippen LogP contribution in [0.15, 0.2) is 133 Å². The van der Waals surface area contributed by atoms with E-state index in [1.807, 2.05) is 36.4 Å². The lowest BCUT2D eigenvalue weighted by atomic mass is 10.00. The van der Waals surface area contributed by atoms with Crippen molar-refractivity contribution in [3.05, 3.63) is 176 Å². The van der Waals surface area contributed by atoms with Gasteiger partial charge in [-0.15, -0.1) is 0 Å². The molecular weight excluding hydrogens is 1060 g/mol. The van der Waals surface area contributed by atoms with Gasteiger partial charge in [0.25, 0.3) is 11.7 Å². The number of likely N-dealkylation sites (tertiary alicyclic amines) is 2. The molecule has 77 heavy (non-hydrogen) atoms. The summed E-state index contributed by atoms with van der Waals surface area (Å²) in [5.41, 5.74) is 11.6. The molecule has 0 radical (unpaired) electrons. The lowest BCUT2D eigenvalue weighted by Gasteiger charge is -2.28. The Bertz CT molecular complexity index is 2960. The molecule has 0 spiro atoms. The molecular formula is C60H62Cl4N4O9. The molecule has 2 saturated carbocycles. The minimum Gasteiger partial charge on any atom is -0.489 e. The Morgan fingerprint density at radius 3 is 1.30 bits per heavy atom. The zero-order valence-corrected chi connectivity index (χ0v) is 45.4. The zero-order chi connectivity index (χ0) is 54.6. The van der Waals surface area contributed by atoms with Gasteiger partial charge in [0, 0.05) is 40.3 Å². The molecule has 404 valence electrons. The second-order valence-corrected chi connectivity index (χ2v) is 21.5. The number of ether oxygens (including phenoxy) is 2. The second-order valence-electron chi connectivity index (χ2n) is 19.8. The molecule has 4 atom stereocenters. The molecule has 4 aliphatic rings. The van der Waals surface area contributed by atoms with E-state index in [-0.39, 0.29) is 23.3 Å². The van der Waals surface area contributed by atoms with Crippen LogP contribution in [0.3, 0.4) is 0 Å². The standard InChI is InChI=1S/C30H30Cl2N2O4.C16H23ClN2O2.C14H9ClO3/c31-23-10-7-20(8-11-23)19-3-5-21(6-4-19)29(36)30(37)33-26(18-34-15-1-2-16-34)28(35)22-9-14-27(25(32)17-22)38-24-12-13-24;17-13-9-11(3-6-15(13)21-12-4-5-12)16(20)14(18)10-19-7-1-2-8-19;15-12-7-5-10(6-8-12)9-1-3-11(4-2-9)13(16)14(17)18/h3-11,14,17,24,26,28,35H,1-2,12-13,15-16,18H2,(H,33,37);3,6,9,12,14,16,20H,1-2,4-5,7-8,10,18H2;1-8H,(H,17,18)/t26-,28-;14-,16-;/m11./s1. The number of hydrogen-bond acceptors (Lipinski definition) is 11. The quantitative estimate of drug-likeness (QED) is 0.0381. The number of hydrogen-bond donors (Lipinski definition) is 5. The van der Waals surface area contributed by atoms with Crippen LogP contribution in [0.1, 0.15) is 95.4 Å². The van der Waals surface area contributed by atoms with Crippen LogP contribution in [-0.2, 0) is 9.59 Å². The Labute approximate surface area is 468 Å². The fraction of sp³-hybridized carbons (Fsp3) is 0.333. The average molecular weight is 1120 g/mol. The minimum atomic E-state index is -1.45. The third kappa shape index (κ3) is 16.6. The van der Waals surface area contributed by atoms with Crippen molar-refractivity contribution in [1.82, 2.24) is 15.1 Å². The Morgan fingerprint density at radius 2 is 0.909 bits per heavy atom. The number of amides is 1. The first-order valence-electron chi connectivity index (χ1n) is 25.9. The van der Waals surface area contributed by atoms with E-state index in [1.54, 1.807) is 84.9 Å². The number of aliphatic carboxylic acids is 1. The SMILES string of the molecule is N[C@H](CN1CCCC1)[C@H](O)c1ccc(OC2CC2)c(Cl)c1.O=C(N[C@H](CN1CCCC1)[C@H](O)c1ccc(OC2CC2)c(Cl)c1)C(=O)c1ccc(-c2ccc(Cl)cc2)cc1.O=C(O)C(=O)c1ccc(-c2ccc(Cl)cc2)cc1. The Hall–Kier alpha value is -5.84. The van der Waals surface area contributed by atoms with E-state index in [1.165, 1.54) is 25.0 Å². The minimum absolute atomic E-state index is 0.167. The summed E-state index contributed by atoms with van der Waals surface area (Å²) in [6, 6.07) is 37.6. The molecule has 2 aliphatic carbocycles. The van der Waals surface area contributed by atoms with Crippen LogP contribution in [0, 0.1) is 0 Å². The van der Waals surface area contributed by atoms with Crippen LogP contribution in [0.4, 0.5) is 0 Å². The van der Waals surface area contributed by atoms with Crippen LogP contribution in [0.2, 0.25) is 20.1 Å². The Balaban J connectivity index is 0.000000169. The summed E-state index contributed by atoms with van der Waals surface area (Å²) in [4.78, 5) is 52.3. The number of carbonyl (C=O) groups excluding carboxylic acids is 3. The van der Waals surface area contributed by atoms with Crippen molar-refractivity contribution in [3.8, 4) is 33.8 Å². The zero-order valence-electron chi connectivity index (χ0n) is 42.3. The fourth-order valence-corrected chi connectivity index (χ4v) is 9.75. The molecule has 2 heterocycles. The van der Waals surface area contributed by atoms with Crippen molar-refractivity contribution in [2.24, 2.45) is 5.73 Å². The largest absolute Gasteiger partial charge is 0.489 e. The molecule has 4 fully saturated rings. The smallest absolute Gasteiger partial charge is 0.377 e. The first-order valence-corrected chi connectivity index (χ1v) is 27.4. The van der Waals surface area contributed by atoms with Crippen molar-refractivity contribution in [3.63, 3.8) is 0 Å². The number of carboxylic acids is 1. The van der Waals surface area contributed by atoms with Gasteiger partial charge in [0.1, 0.15) is 17.6 Å². The van der Waals surface area contributed by atoms with Crippen molar-refractivity contribution < 1.29 is 44.0 Å². The summed E-state index contributed by atoms with van der Waals surface area (Å²) in [5, 5.41) is 35.3. The summed E-state index contributed by atoms with van der Waals surface area (Å²) in [6.07, 6.45) is 7.58.